The Morgan fingerprint density at radius 1 is 0.733 bits per heavy atom. The van der Waals surface area contributed by atoms with Gasteiger partial charge in [-0.05, 0) is 66.6 Å². The second-order valence-corrected chi connectivity index (χ2v) is 7.34. The lowest BCUT2D eigenvalue weighted by molar-refractivity contribution is 1.28. The van der Waals surface area contributed by atoms with Gasteiger partial charge in [0.25, 0.3) is 0 Å². The molecule has 0 aliphatic carbocycles. The maximum Gasteiger partial charge on any atom is 0.0576 e. The Labute approximate surface area is 182 Å². The molecule has 0 bridgehead atoms. The number of nitrogens with zero attached hydrogens (tertiary/aromatic N) is 2. The summed E-state index contributed by atoms with van der Waals surface area (Å²) in [5.41, 5.74) is 9.25. The Morgan fingerprint density at radius 3 is 1.87 bits per heavy atom. The van der Waals surface area contributed by atoms with Crippen LogP contribution in [0.25, 0.3) is 0 Å². The fraction of sp³-hybridized carbons (Fsp3) is 0.0385. The third-order valence-corrected chi connectivity index (χ3v) is 5.17. The first-order valence-electron chi connectivity index (χ1n) is 9.76. The topological polar surface area (TPSA) is 27.6 Å². The number of rotatable bonds is 6. The molecule has 0 aliphatic heterocycles. The van der Waals surface area contributed by atoms with Crippen LogP contribution in [0.4, 0.5) is 22.7 Å². The molecule has 30 heavy (non-hydrogen) atoms. The molecule has 0 heterocycles. The van der Waals surface area contributed by atoms with Crippen molar-refractivity contribution in [3.8, 4) is 0 Å². The van der Waals surface area contributed by atoms with Crippen molar-refractivity contribution in [3.05, 3.63) is 119 Å². The smallest absolute Gasteiger partial charge is 0.0576 e. The highest BCUT2D eigenvalue weighted by Gasteiger charge is 2.11. The van der Waals surface area contributed by atoms with Gasteiger partial charge in [0.1, 0.15) is 0 Å². The van der Waals surface area contributed by atoms with E-state index in [0.717, 1.165) is 38.9 Å². The van der Waals surface area contributed by atoms with E-state index >= 15 is 0 Å². The summed E-state index contributed by atoms with van der Waals surface area (Å²) in [7, 11) is 0. The molecule has 0 atom stereocenters. The lowest BCUT2D eigenvalue weighted by Crippen LogP contribution is -2.09. The van der Waals surface area contributed by atoms with Crippen LogP contribution < -0.4 is 10.3 Å². The first-order valence-corrected chi connectivity index (χ1v) is 10.1. The lowest BCUT2D eigenvalue weighted by Gasteiger charge is -2.25. The van der Waals surface area contributed by atoms with Crippen molar-refractivity contribution in [2.45, 2.75) is 6.92 Å². The average Bonchev–Trinajstić information content (AvgIpc) is 2.79. The van der Waals surface area contributed by atoms with Gasteiger partial charge in [0, 0.05) is 22.1 Å². The van der Waals surface area contributed by atoms with Crippen LogP contribution in [0.2, 0.25) is 5.02 Å². The van der Waals surface area contributed by atoms with Crippen molar-refractivity contribution in [1.82, 2.24) is 0 Å². The van der Waals surface area contributed by atoms with Crippen molar-refractivity contribution >= 4 is 40.6 Å². The predicted octanol–water partition coefficient (Wildman–Crippen LogP) is 7.56. The van der Waals surface area contributed by atoms with E-state index in [-0.39, 0.29) is 0 Å². The summed E-state index contributed by atoms with van der Waals surface area (Å²) in [5.74, 6) is 0. The van der Waals surface area contributed by atoms with E-state index in [0.29, 0.717) is 0 Å². The molecule has 4 heteroatoms. The van der Waals surface area contributed by atoms with Crippen LogP contribution in [-0.2, 0) is 0 Å². The summed E-state index contributed by atoms with van der Waals surface area (Å²) >= 11 is 6.16. The molecule has 0 radical (unpaired) electrons. The zero-order chi connectivity index (χ0) is 20.8. The van der Waals surface area contributed by atoms with Crippen LogP contribution >= 0.6 is 11.6 Å². The molecule has 3 nitrogen and oxygen atoms in total. The largest absolute Gasteiger partial charge is 0.311 e. The zero-order valence-electron chi connectivity index (χ0n) is 16.7. The quantitative estimate of drug-likeness (QED) is 0.262. The molecule has 0 aliphatic rings. The molecule has 4 aromatic rings. The normalized spacial score (nSPS) is 10.9. The molecule has 148 valence electrons. The van der Waals surface area contributed by atoms with Gasteiger partial charge in [0.15, 0.2) is 0 Å². The van der Waals surface area contributed by atoms with Gasteiger partial charge in [-0.25, -0.2) is 0 Å². The van der Waals surface area contributed by atoms with E-state index in [1.165, 1.54) is 0 Å². The summed E-state index contributed by atoms with van der Waals surface area (Å²) in [4.78, 5) is 2.23. The predicted molar refractivity (Wildman–Crippen MR) is 129 cm³/mol. The SMILES string of the molecule is Cc1ccc(NN=Cc2ccc(N(c3ccccc3)c3ccccc3)cc2)cc1Cl. The van der Waals surface area contributed by atoms with Crippen LogP contribution in [0.15, 0.2) is 108 Å². The van der Waals surface area contributed by atoms with E-state index in [2.05, 4.69) is 88.2 Å². The fourth-order valence-corrected chi connectivity index (χ4v) is 3.34. The maximum atomic E-state index is 6.16. The molecule has 1 N–H and O–H groups in total. The number of para-hydroxylation sites is 2. The first-order chi connectivity index (χ1) is 14.7. The number of hydrazone groups is 1. The van der Waals surface area contributed by atoms with Crippen LogP contribution in [0, 0.1) is 6.92 Å². The van der Waals surface area contributed by atoms with E-state index in [1.807, 2.05) is 37.3 Å². The third-order valence-electron chi connectivity index (χ3n) is 4.76. The van der Waals surface area contributed by atoms with Crippen molar-refractivity contribution in [2.24, 2.45) is 5.10 Å². The molecular weight excluding hydrogens is 390 g/mol. The molecule has 0 unspecified atom stereocenters. The Hall–Kier alpha value is -3.56. The van der Waals surface area contributed by atoms with Crippen molar-refractivity contribution in [2.75, 3.05) is 10.3 Å². The van der Waals surface area contributed by atoms with Crippen LogP contribution in [0.5, 0.6) is 0 Å². The molecule has 0 amide bonds. The van der Waals surface area contributed by atoms with E-state index in [1.54, 1.807) is 6.21 Å². The monoisotopic (exact) mass is 411 g/mol. The zero-order valence-corrected chi connectivity index (χ0v) is 17.4. The average molecular weight is 412 g/mol. The minimum Gasteiger partial charge on any atom is -0.311 e. The van der Waals surface area contributed by atoms with Gasteiger partial charge in [0.2, 0.25) is 0 Å². The summed E-state index contributed by atoms with van der Waals surface area (Å²) in [5, 5.41) is 5.05. The maximum absolute atomic E-state index is 6.16. The molecule has 4 rings (SSSR count). The van der Waals surface area contributed by atoms with Gasteiger partial charge in [-0.3, -0.25) is 5.43 Å². The molecule has 0 saturated carbocycles. The summed E-state index contributed by atoms with van der Waals surface area (Å²) in [6.45, 7) is 1.98. The van der Waals surface area contributed by atoms with Crippen LogP contribution in [-0.4, -0.2) is 6.21 Å². The van der Waals surface area contributed by atoms with E-state index in [4.69, 9.17) is 11.6 Å². The highest BCUT2D eigenvalue weighted by Crippen LogP contribution is 2.33. The van der Waals surface area contributed by atoms with Gasteiger partial charge >= 0.3 is 0 Å². The lowest BCUT2D eigenvalue weighted by atomic mass is 10.1. The van der Waals surface area contributed by atoms with Crippen LogP contribution in [0.1, 0.15) is 11.1 Å². The molecule has 0 fully saturated rings. The number of anilines is 4. The van der Waals surface area contributed by atoms with Crippen LogP contribution in [0.3, 0.4) is 0 Å². The van der Waals surface area contributed by atoms with Gasteiger partial charge in [-0.2, -0.15) is 5.10 Å². The Balaban J connectivity index is 1.54. The summed E-state index contributed by atoms with van der Waals surface area (Å²) in [6.07, 6.45) is 1.80. The Kier molecular flexibility index (Phi) is 6.11. The van der Waals surface area contributed by atoms with E-state index in [9.17, 15) is 0 Å². The number of nitrogens with one attached hydrogen (secondary N) is 1. The molecule has 0 saturated heterocycles. The fourth-order valence-electron chi connectivity index (χ4n) is 3.15. The van der Waals surface area contributed by atoms with Gasteiger partial charge in [-0.1, -0.05) is 66.2 Å². The highest BCUT2D eigenvalue weighted by atomic mass is 35.5. The second-order valence-electron chi connectivity index (χ2n) is 6.93. The number of halogens is 1. The molecule has 0 aromatic heterocycles. The number of benzene rings is 4. The standard InChI is InChI=1S/C26H22ClN3/c1-20-12-15-22(18-26(20)27)29-28-19-21-13-16-25(17-14-21)30(23-8-4-2-5-9-23)24-10-6-3-7-11-24/h2-19,29H,1H3. The molecule has 0 spiro atoms. The summed E-state index contributed by atoms with van der Waals surface area (Å²) in [6, 6.07) is 34.8. The van der Waals surface area contributed by atoms with Gasteiger partial charge in [0.05, 0.1) is 11.9 Å². The second kappa shape index (κ2) is 9.29. The highest BCUT2D eigenvalue weighted by molar-refractivity contribution is 6.31. The first kappa shape index (κ1) is 19.7. The Bertz CT molecular complexity index is 1080. The minimum atomic E-state index is 0.724. The Morgan fingerprint density at radius 2 is 1.30 bits per heavy atom. The van der Waals surface area contributed by atoms with Gasteiger partial charge in [-0.15, -0.1) is 0 Å². The summed E-state index contributed by atoms with van der Waals surface area (Å²) < 4.78 is 0. The number of hydrogen-bond donors (Lipinski definition) is 1. The number of hydrogen-bond acceptors (Lipinski definition) is 3. The van der Waals surface area contributed by atoms with Crippen molar-refractivity contribution in [3.63, 3.8) is 0 Å². The molecule has 4 aromatic carbocycles. The van der Waals surface area contributed by atoms with Gasteiger partial charge < -0.3 is 4.90 Å². The minimum absolute atomic E-state index is 0.724. The molecular formula is C26H22ClN3. The third kappa shape index (κ3) is 4.70. The van der Waals surface area contributed by atoms with Crippen molar-refractivity contribution < 1.29 is 0 Å². The number of aryl methyl sites for hydroxylation is 1. The van der Waals surface area contributed by atoms with Crippen molar-refractivity contribution in [1.29, 1.82) is 0 Å². The van der Waals surface area contributed by atoms with E-state index < -0.39 is 0 Å².